The average Bonchev–Trinajstić information content (AvgIpc) is 3.30. The number of rotatable bonds is 8. The maximum Gasteiger partial charge on any atom is 0.0753 e. The minimum atomic E-state index is 0.999. The molecule has 0 saturated carbocycles. The van der Waals surface area contributed by atoms with Crippen LogP contribution in [0.1, 0.15) is 73.7 Å². The summed E-state index contributed by atoms with van der Waals surface area (Å²) in [4.78, 5) is 5.48. The highest BCUT2D eigenvalue weighted by atomic mass is 14.8. The Morgan fingerprint density at radius 1 is 0.385 bits per heavy atom. The van der Waals surface area contributed by atoms with Crippen LogP contribution in [-0.2, 0) is 6.42 Å². The number of aryl methyl sites for hydroxylation is 6. The summed E-state index contributed by atoms with van der Waals surface area (Å²) >= 11 is 0. The lowest BCUT2D eigenvalue weighted by Crippen LogP contribution is -1.98. The van der Waals surface area contributed by atoms with Crippen molar-refractivity contribution in [1.82, 2.24) is 0 Å². The summed E-state index contributed by atoms with van der Waals surface area (Å²) in [6.45, 7) is 17.3. The first-order chi connectivity index (χ1) is 31.5. The fourth-order valence-corrected chi connectivity index (χ4v) is 8.50. The Kier molecular flexibility index (Phi) is 15.3. The molecule has 0 spiro atoms. The van der Waals surface area contributed by atoms with Crippen LogP contribution in [-0.4, -0.2) is 5.71 Å². The van der Waals surface area contributed by atoms with Crippen molar-refractivity contribution in [2.75, 3.05) is 0 Å². The lowest BCUT2D eigenvalue weighted by Gasteiger charge is -2.21. The molecule has 0 bridgehead atoms. The minimum absolute atomic E-state index is 0.999. The lowest BCUT2D eigenvalue weighted by molar-refractivity contribution is 1.19. The molecule has 322 valence electrons. The van der Waals surface area contributed by atoms with Gasteiger partial charge in [-0.2, -0.15) is 0 Å². The normalized spacial score (nSPS) is 11.2. The topological polar surface area (TPSA) is 12.4 Å². The first-order valence-corrected chi connectivity index (χ1v) is 22.7. The van der Waals surface area contributed by atoms with E-state index < -0.39 is 0 Å². The van der Waals surface area contributed by atoms with Crippen molar-refractivity contribution < 1.29 is 0 Å². The van der Waals surface area contributed by atoms with E-state index in [-0.39, 0.29) is 0 Å². The third-order valence-electron chi connectivity index (χ3n) is 11.6. The predicted molar refractivity (Wildman–Crippen MR) is 284 cm³/mol. The summed E-state index contributed by atoms with van der Waals surface area (Å²) in [5.74, 6) is 0. The molecule has 0 aliphatic carbocycles. The molecule has 65 heavy (non-hydrogen) atoms. The Balaban J connectivity index is 0.000000256. The molecular weight excluding hydrogens is 783 g/mol. The van der Waals surface area contributed by atoms with Crippen LogP contribution in [0.15, 0.2) is 205 Å². The molecule has 0 aliphatic heterocycles. The van der Waals surface area contributed by atoms with Gasteiger partial charge < -0.3 is 0 Å². The predicted octanol–water partition coefficient (Wildman–Crippen LogP) is 17.6. The quantitative estimate of drug-likeness (QED) is 0.107. The van der Waals surface area contributed by atoms with Crippen molar-refractivity contribution >= 4 is 34.3 Å². The Bertz CT molecular complexity index is 2950. The van der Waals surface area contributed by atoms with E-state index in [1.54, 1.807) is 0 Å². The van der Waals surface area contributed by atoms with Gasteiger partial charge in [0.05, 0.1) is 5.69 Å². The van der Waals surface area contributed by atoms with Gasteiger partial charge in [0.2, 0.25) is 0 Å². The van der Waals surface area contributed by atoms with E-state index in [1.807, 2.05) is 18.2 Å². The third kappa shape index (κ3) is 12.4. The van der Waals surface area contributed by atoms with E-state index in [9.17, 15) is 0 Å². The average molecular weight is 844 g/mol. The Labute approximate surface area is 388 Å². The molecular formula is C64H61N. The third-order valence-corrected chi connectivity index (χ3v) is 11.6. The van der Waals surface area contributed by atoms with E-state index in [0.717, 1.165) is 23.4 Å². The zero-order valence-electron chi connectivity index (χ0n) is 39.4. The van der Waals surface area contributed by atoms with Crippen molar-refractivity contribution in [1.29, 1.82) is 0 Å². The van der Waals surface area contributed by atoms with Gasteiger partial charge in [-0.3, -0.25) is 4.99 Å². The van der Waals surface area contributed by atoms with Gasteiger partial charge in [-0.1, -0.05) is 246 Å². The summed E-state index contributed by atoms with van der Waals surface area (Å²) in [5.41, 5.74) is 22.0. The molecule has 0 aliphatic rings. The number of hydrogen-bond donors (Lipinski definition) is 0. The van der Waals surface area contributed by atoms with Crippen LogP contribution in [0.3, 0.4) is 0 Å². The summed E-state index contributed by atoms with van der Waals surface area (Å²) in [6, 6.07) is 71.2. The highest BCUT2D eigenvalue weighted by Crippen LogP contribution is 2.47. The number of fused-ring (bicyclic) bond motifs is 1. The fraction of sp³-hybridized carbons (Fsp3) is 0.141. The SMILES string of the molecule is CC(=Nc1c(C)c(-c2cc(C)cc(C)c2)c2ccccc2c1-c1cc(C)cc(C)c1)c1ccc(/C=C/c2ccc(C)cc2)cc1.Cc1ccccc1.c1ccc(Cc2ccccc2)cc1. The largest absolute Gasteiger partial charge is 0.252 e. The molecule has 0 saturated heterocycles. The van der Waals surface area contributed by atoms with Crippen molar-refractivity contribution in [2.45, 2.75) is 61.8 Å². The second-order valence-electron chi connectivity index (χ2n) is 17.4. The Morgan fingerprint density at radius 2 is 0.769 bits per heavy atom. The maximum absolute atomic E-state index is 5.48. The van der Waals surface area contributed by atoms with E-state index in [4.69, 9.17) is 4.99 Å². The van der Waals surface area contributed by atoms with Crippen molar-refractivity contribution in [3.63, 3.8) is 0 Å². The van der Waals surface area contributed by atoms with Gasteiger partial charge in [-0.15, -0.1) is 0 Å². The summed E-state index contributed by atoms with van der Waals surface area (Å²) in [5, 5.41) is 2.49. The molecule has 9 aromatic carbocycles. The number of hydrogen-bond acceptors (Lipinski definition) is 1. The van der Waals surface area contributed by atoms with Crippen LogP contribution in [0.2, 0.25) is 0 Å². The van der Waals surface area contributed by atoms with Crippen LogP contribution in [0.4, 0.5) is 5.69 Å². The maximum atomic E-state index is 5.48. The van der Waals surface area contributed by atoms with Gasteiger partial charge in [-0.25, -0.2) is 0 Å². The molecule has 0 atom stereocenters. The second-order valence-corrected chi connectivity index (χ2v) is 17.4. The minimum Gasteiger partial charge on any atom is -0.252 e. The van der Waals surface area contributed by atoms with E-state index in [1.165, 1.54) is 94.2 Å². The highest BCUT2D eigenvalue weighted by molar-refractivity contribution is 6.13. The molecule has 0 heterocycles. The standard InChI is InChI=1S/C44H41N.C13H12.C7H8/c1-28-12-14-35(15-13-28)16-17-36-18-20-37(21-19-36)34(7)45-44-33(6)42(38-24-29(2)22-30(3)25-38)40-10-8-9-11-41(40)43(44)39-26-31(4)23-32(5)27-39;1-3-7-12(8-4-1)11-13-9-5-2-6-10-13;1-7-5-3-2-4-6-7/h8-27H,1-7H3;1-10H,11H2;2-6H,1H3/b17-16+,45-34?;;. The molecule has 1 heteroatoms. The first kappa shape index (κ1) is 45.7. The van der Waals surface area contributed by atoms with Gasteiger partial charge in [-0.05, 0) is 123 Å². The molecule has 0 amide bonds. The van der Waals surface area contributed by atoms with Crippen molar-refractivity contribution in [2.24, 2.45) is 4.99 Å². The molecule has 9 aromatic rings. The number of benzene rings is 9. The molecule has 0 fully saturated rings. The molecule has 1 nitrogen and oxygen atoms in total. The molecule has 0 radical (unpaired) electrons. The Morgan fingerprint density at radius 3 is 1.22 bits per heavy atom. The van der Waals surface area contributed by atoms with Gasteiger partial charge in [0.1, 0.15) is 0 Å². The number of nitrogens with zero attached hydrogens (tertiary/aromatic N) is 1. The van der Waals surface area contributed by atoms with Gasteiger partial charge in [0.15, 0.2) is 0 Å². The van der Waals surface area contributed by atoms with E-state index in [2.05, 4.69) is 250 Å². The molecule has 0 aromatic heterocycles. The second kappa shape index (κ2) is 21.8. The lowest BCUT2D eigenvalue weighted by atomic mass is 9.85. The number of aliphatic imine (C=N–C) groups is 1. The molecule has 0 unspecified atom stereocenters. The summed E-state index contributed by atoms with van der Waals surface area (Å²) in [6.07, 6.45) is 5.36. The van der Waals surface area contributed by atoms with E-state index >= 15 is 0 Å². The smallest absolute Gasteiger partial charge is 0.0753 e. The first-order valence-electron chi connectivity index (χ1n) is 22.7. The van der Waals surface area contributed by atoms with Crippen LogP contribution in [0.5, 0.6) is 0 Å². The zero-order chi connectivity index (χ0) is 45.7. The molecule has 0 N–H and O–H groups in total. The molecule has 9 rings (SSSR count). The monoisotopic (exact) mass is 843 g/mol. The van der Waals surface area contributed by atoms with E-state index in [0.29, 0.717) is 0 Å². The van der Waals surface area contributed by atoms with Crippen molar-refractivity contribution in [3.8, 4) is 22.3 Å². The van der Waals surface area contributed by atoms with Gasteiger partial charge >= 0.3 is 0 Å². The van der Waals surface area contributed by atoms with Crippen LogP contribution in [0, 0.1) is 48.5 Å². The van der Waals surface area contributed by atoms with Crippen LogP contribution >= 0.6 is 0 Å². The van der Waals surface area contributed by atoms with Gasteiger partial charge in [0, 0.05) is 11.3 Å². The highest BCUT2D eigenvalue weighted by Gasteiger charge is 2.20. The summed E-state index contributed by atoms with van der Waals surface area (Å²) < 4.78 is 0. The van der Waals surface area contributed by atoms with Crippen LogP contribution < -0.4 is 0 Å². The van der Waals surface area contributed by atoms with Crippen molar-refractivity contribution in [3.05, 3.63) is 267 Å². The zero-order valence-corrected chi connectivity index (χ0v) is 39.4. The summed E-state index contributed by atoms with van der Waals surface area (Å²) in [7, 11) is 0. The van der Waals surface area contributed by atoms with Gasteiger partial charge in [0.25, 0.3) is 0 Å². The Hall–Kier alpha value is -7.35. The van der Waals surface area contributed by atoms with Crippen LogP contribution in [0.25, 0.3) is 45.2 Å². The fourth-order valence-electron chi connectivity index (χ4n) is 8.50.